The third-order valence-electron chi connectivity index (χ3n) is 3.80. The second kappa shape index (κ2) is 10.7. The molecule has 1 aliphatic rings. The Morgan fingerprint density at radius 1 is 0.857 bits per heavy atom. The first-order valence-electron chi connectivity index (χ1n) is 8.95. The van der Waals surface area contributed by atoms with Crippen LogP contribution in [0.2, 0.25) is 0 Å². The Kier molecular flexibility index (Phi) is 7.75. The third-order valence-corrected chi connectivity index (χ3v) is 5.72. The molecular formula is C21H23N5S2. The number of hydrogen-bond donors (Lipinski definition) is 1. The highest BCUT2D eigenvalue weighted by Gasteiger charge is 2.15. The molecule has 2 aromatic carbocycles. The maximum atomic E-state index is 4.25. The highest BCUT2D eigenvalue weighted by molar-refractivity contribution is 8.21. The fraction of sp³-hybridized carbons (Fsp3) is 0.190. The van der Waals surface area contributed by atoms with E-state index in [2.05, 4.69) is 74.1 Å². The minimum absolute atomic E-state index is 0.241. The molecule has 0 bridgehead atoms. The van der Waals surface area contributed by atoms with Crippen LogP contribution in [-0.2, 0) is 0 Å². The van der Waals surface area contributed by atoms with E-state index in [4.69, 9.17) is 0 Å². The summed E-state index contributed by atoms with van der Waals surface area (Å²) in [5.41, 5.74) is 3.16. The van der Waals surface area contributed by atoms with Gasteiger partial charge in [-0.15, -0.1) is 23.5 Å². The van der Waals surface area contributed by atoms with Crippen molar-refractivity contribution in [2.45, 2.75) is 19.9 Å². The van der Waals surface area contributed by atoms with Gasteiger partial charge in [-0.25, -0.2) is 15.0 Å². The van der Waals surface area contributed by atoms with Gasteiger partial charge >= 0.3 is 0 Å². The molecule has 5 nitrogen and oxygen atoms in total. The molecule has 0 saturated carbocycles. The summed E-state index contributed by atoms with van der Waals surface area (Å²) >= 11 is 3.71. The molecule has 0 radical (unpaired) electrons. The van der Waals surface area contributed by atoms with Crippen LogP contribution in [0.4, 0.5) is 23.0 Å². The molecule has 0 unspecified atom stereocenters. The summed E-state index contributed by atoms with van der Waals surface area (Å²) in [6.45, 7) is 4.22. The van der Waals surface area contributed by atoms with Crippen molar-refractivity contribution in [1.29, 1.82) is 0 Å². The van der Waals surface area contributed by atoms with E-state index in [1.165, 1.54) is 17.7 Å². The van der Waals surface area contributed by atoms with E-state index in [0.29, 0.717) is 5.95 Å². The Balaban J connectivity index is 0.000000391. The van der Waals surface area contributed by atoms with Crippen LogP contribution in [0.5, 0.6) is 0 Å². The quantitative estimate of drug-likeness (QED) is 0.550. The summed E-state index contributed by atoms with van der Waals surface area (Å²) in [5.74, 6) is 0.652. The largest absolute Gasteiger partial charge is 0.356 e. The fourth-order valence-corrected chi connectivity index (χ4v) is 4.16. The average Bonchev–Trinajstić information content (AvgIpc) is 3.31. The second-order valence-corrected chi connectivity index (χ2v) is 8.32. The van der Waals surface area contributed by atoms with Crippen molar-refractivity contribution in [1.82, 2.24) is 15.0 Å². The van der Waals surface area contributed by atoms with Crippen molar-refractivity contribution in [2.75, 3.05) is 15.3 Å². The summed E-state index contributed by atoms with van der Waals surface area (Å²) in [6, 6.07) is 18.6. The maximum Gasteiger partial charge on any atom is 0.233 e. The summed E-state index contributed by atoms with van der Waals surface area (Å²) in [7, 11) is 0. The maximum absolute atomic E-state index is 4.25. The SMILES string of the molecule is C1=CSCS1.CC(C)N(c1ccc(Nc2ccccc2)cc1)c1ncncn1. The van der Waals surface area contributed by atoms with Gasteiger partial charge in [-0.05, 0) is 61.1 Å². The van der Waals surface area contributed by atoms with E-state index >= 15 is 0 Å². The summed E-state index contributed by atoms with van der Waals surface area (Å²) in [6.07, 6.45) is 3.03. The van der Waals surface area contributed by atoms with Gasteiger partial charge in [0.15, 0.2) is 0 Å². The smallest absolute Gasteiger partial charge is 0.233 e. The molecule has 0 aliphatic carbocycles. The van der Waals surface area contributed by atoms with Crippen LogP contribution in [-0.4, -0.2) is 26.1 Å². The van der Waals surface area contributed by atoms with E-state index < -0.39 is 0 Å². The fourth-order valence-electron chi connectivity index (χ4n) is 2.59. The number of hydrogen-bond acceptors (Lipinski definition) is 7. The van der Waals surface area contributed by atoms with Gasteiger partial charge in [-0.3, -0.25) is 0 Å². The number of anilines is 4. The molecule has 0 fully saturated rings. The van der Waals surface area contributed by atoms with Gasteiger partial charge < -0.3 is 10.2 Å². The number of aromatic nitrogens is 3. The van der Waals surface area contributed by atoms with Crippen molar-refractivity contribution < 1.29 is 0 Å². The molecule has 0 saturated heterocycles. The van der Waals surface area contributed by atoms with E-state index in [9.17, 15) is 0 Å². The van der Waals surface area contributed by atoms with Crippen molar-refractivity contribution >= 4 is 46.5 Å². The number of thioether (sulfide) groups is 2. The molecular weight excluding hydrogens is 386 g/mol. The first-order valence-corrected chi connectivity index (χ1v) is 11.1. The van der Waals surface area contributed by atoms with Crippen molar-refractivity contribution in [3.63, 3.8) is 0 Å². The first kappa shape index (κ1) is 20.2. The summed E-state index contributed by atoms with van der Waals surface area (Å²) < 4.78 is 0. The molecule has 1 aromatic heterocycles. The molecule has 0 amide bonds. The van der Waals surface area contributed by atoms with Gasteiger partial charge in [0.2, 0.25) is 5.95 Å². The van der Waals surface area contributed by atoms with E-state index in [1.807, 2.05) is 53.9 Å². The predicted octanol–water partition coefficient (Wildman–Crippen LogP) is 6.06. The van der Waals surface area contributed by atoms with Gasteiger partial charge in [0.1, 0.15) is 12.7 Å². The number of nitrogens with zero attached hydrogens (tertiary/aromatic N) is 4. The van der Waals surface area contributed by atoms with Gasteiger partial charge in [0.05, 0.1) is 0 Å². The average molecular weight is 410 g/mol. The minimum atomic E-state index is 0.241. The van der Waals surface area contributed by atoms with Gasteiger partial charge in [0.25, 0.3) is 0 Å². The van der Waals surface area contributed by atoms with Crippen LogP contribution in [0.3, 0.4) is 0 Å². The zero-order valence-corrected chi connectivity index (χ0v) is 17.5. The Morgan fingerprint density at radius 3 is 2.00 bits per heavy atom. The van der Waals surface area contributed by atoms with Gasteiger partial charge in [-0.2, -0.15) is 0 Å². The van der Waals surface area contributed by atoms with Crippen LogP contribution >= 0.6 is 23.5 Å². The lowest BCUT2D eigenvalue weighted by Gasteiger charge is -2.26. The standard InChI is InChI=1S/C18H19N5.C3H4S2/c1-14(2)23(18-20-12-19-13-21-18)17-10-8-16(9-11-17)22-15-6-4-3-5-7-15;1-2-5-3-4-1/h3-14,22H,1-2H3;1-2H,3H2. The second-order valence-electron chi connectivity index (χ2n) is 6.16. The van der Waals surface area contributed by atoms with E-state index in [-0.39, 0.29) is 6.04 Å². The van der Waals surface area contributed by atoms with Crippen LogP contribution in [0.1, 0.15) is 13.8 Å². The zero-order valence-electron chi connectivity index (χ0n) is 15.9. The molecule has 1 aliphatic heterocycles. The summed E-state index contributed by atoms with van der Waals surface area (Å²) in [4.78, 5) is 14.5. The first-order chi connectivity index (χ1) is 13.7. The highest BCUT2D eigenvalue weighted by atomic mass is 32.2. The monoisotopic (exact) mass is 409 g/mol. The van der Waals surface area contributed by atoms with Crippen LogP contribution < -0.4 is 10.2 Å². The lowest BCUT2D eigenvalue weighted by atomic mass is 10.2. The molecule has 2 heterocycles. The minimum Gasteiger partial charge on any atom is -0.356 e. The van der Waals surface area contributed by atoms with Gasteiger partial charge in [-0.1, -0.05) is 18.2 Å². The Bertz CT molecular complexity index is 849. The zero-order chi connectivity index (χ0) is 19.6. The van der Waals surface area contributed by atoms with Crippen molar-refractivity contribution in [3.05, 3.63) is 78.1 Å². The molecule has 4 rings (SSSR count). The molecule has 0 spiro atoms. The Labute approximate surface area is 174 Å². The van der Waals surface area contributed by atoms with Crippen LogP contribution in [0.25, 0.3) is 0 Å². The van der Waals surface area contributed by atoms with Crippen LogP contribution in [0.15, 0.2) is 78.1 Å². The number of rotatable bonds is 5. The molecule has 7 heteroatoms. The molecule has 144 valence electrons. The summed E-state index contributed by atoms with van der Waals surface area (Å²) in [5, 5.41) is 8.83. The predicted molar refractivity (Wildman–Crippen MR) is 122 cm³/mol. The highest BCUT2D eigenvalue weighted by Crippen LogP contribution is 2.26. The topological polar surface area (TPSA) is 53.9 Å². The van der Waals surface area contributed by atoms with E-state index in [1.54, 1.807) is 0 Å². The molecule has 3 aromatic rings. The molecule has 0 atom stereocenters. The lowest BCUT2D eigenvalue weighted by molar-refractivity contribution is 0.758. The third kappa shape index (κ3) is 6.00. The number of para-hydroxylation sites is 1. The van der Waals surface area contributed by atoms with Gasteiger partial charge in [0, 0.05) is 28.2 Å². The Hall–Kier alpha value is -2.51. The normalized spacial score (nSPS) is 12.4. The number of nitrogens with one attached hydrogen (secondary N) is 1. The van der Waals surface area contributed by atoms with E-state index in [0.717, 1.165) is 17.1 Å². The number of benzene rings is 2. The lowest BCUT2D eigenvalue weighted by Crippen LogP contribution is -2.27. The van der Waals surface area contributed by atoms with Crippen molar-refractivity contribution in [3.8, 4) is 0 Å². The molecule has 28 heavy (non-hydrogen) atoms. The Morgan fingerprint density at radius 2 is 1.46 bits per heavy atom. The van der Waals surface area contributed by atoms with Crippen molar-refractivity contribution in [2.24, 2.45) is 0 Å². The van der Waals surface area contributed by atoms with Crippen LogP contribution in [0, 0.1) is 0 Å². The molecule has 1 N–H and O–H groups in total.